The van der Waals surface area contributed by atoms with E-state index in [1.54, 1.807) is 6.92 Å². The summed E-state index contributed by atoms with van der Waals surface area (Å²) in [5.41, 5.74) is -1.60. The van der Waals surface area contributed by atoms with Gasteiger partial charge in [-0.3, -0.25) is 9.59 Å². The van der Waals surface area contributed by atoms with Crippen LogP contribution in [0.15, 0.2) is 16.6 Å². The van der Waals surface area contributed by atoms with Gasteiger partial charge >= 0.3 is 0 Å². The first-order valence-electron chi connectivity index (χ1n) is 6.05. The zero-order valence-electron chi connectivity index (χ0n) is 11.0. The van der Waals surface area contributed by atoms with E-state index >= 15 is 0 Å². The second kappa shape index (κ2) is 5.12. The molecule has 1 N–H and O–H groups in total. The predicted octanol–water partition coefficient (Wildman–Crippen LogP) is 1.92. The fraction of sp³-hybridized carbons (Fsp3) is 0.385. The first-order chi connectivity index (χ1) is 9.29. The molecule has 1 fully saturated rings. The fourth-order valence-electron chi connectivity index (χ4n) is 2.28. The molecule has 108 valence electrons. The summed E-state index contributed by atoms with van der Waals surface area (Å²) >= 11 is 2.96. The maximum Gasteiger partial charge on any atom is 0.253 e. The third-order valence-corrected chi connectivity index (χ3v) is 3.98. The van der Waals surface area contributed by atoms with Crippen molar-refractivity contribution >= 4 is 27.7 Å². The highest BCUT2D eigenvalue weighted by Crippen LogP contribution is 2.31. The standard InChI is InChI=1S/C13H13BrF2N2O2/c1-3-18-6-11(19)17-13(2,12(18)20)7-4-8(14)10(16)5-9(7)15/h4-5H,3,6H2,1-2H3,(H,17,19). The summed E-state index contributed by atoms with van der Waals surface area (Å²) in [5, 5.41) is 2.50. The third kappa shape index (κ3) is 2.30. The average molecular weight is 347 g/mol. The van der Waals surface area contributed by atoms with Crippen molar-refractivity contribution in [2.24, 2.45) is 0 Å². The summed E-state index contributed by atoms with van der Waals surface area (Å²) in [6, 6.07) is 1.87. The van der Waals surface area contributed by atoms with Crippen LogP contribution in [0.4, 0.5) is 8.78 Å². The number of hydrogen-bond donors (Lipinski definition) is 1. The molecule has 1 aromatic rings. The number of benzene rings is 1. The van der Waals surface area contributed by atoms with Gasteiger partial charge in [-0.2, -0.15) is 0 Å². The van der Waals surface area contributed by atoms with Crippen LogP contribution in [0.2, 0.25) is 0 Å². The molecule has 1 saturated heterocycles. The number of halogens is 3. The molecule has 1 heterocycles. The Morgan fingerprint density at radius 1 is 1.35 bits per heavy atom. The molecule has 1 unspecified atom stereocenters. The largest absolute Gasteiger partial charge is 0.337 e. The number of hydrogen-bond acceptors (Lipinski definition) is 2. The monoisotopic (exact) mass is 346 g/mol. The fourth-order valence-corrected chi connectivity index (χ4v) is 2.62. The number of piperazine rings is 1. The van der Waals surface area contributed by atoms with Crippen molar-refractivity contribution in [2.45, 2.75) is 19.4 Å². The highest BCUT2D eigenvalue weighted by atomic mass is 79.9. The van der Waals surface area contributed by atoms with Crippen LogP contribution in [0.1, 0.15) is 19.4 Å². The van der Waals surface area contributed by atoms with Crippen molar-refractivity contribution < 1.29 is 18.4 Å². The molecule has 20 heavy (non-hydrogen) atoms. The molecule has 1 aromatic carbocycles. The van der Waals surface area contributed by atoms with E-state index in [2.05, 4.69) is 21.2 Å². The van der Waals surface area contributed by atoms with Gasteiger partial charge in [0.05, 0.1) is 11.0 Å². The normalized spacial score (nSPS) is 22.9. The van der Waals surface area contributed by atoms with E-state index in [9.17, 15) is 18.4 Å². The minimum absolute atomic E-state index is 0.0331. The summed E-state index contributed by atoms with van der Waals surface area (Å²) in [6.07, 6.45) is 0. The highest BCUT2D eigenvalue weighted by Gasteiger charge is 2.45. The van der Waals surface area contributed by atoms with Gasteiger partial charge in [-0.1, -0.05) is 0 Å². The smallest absolute Gasteiger partial charge is 0.253 e. The topological polar surface area (TPSA) is 49.4 Å². The van der Waals surface area contributed by atoms with E-state index < -0.39 is 23.1 Å². The van der Waals surface area contributed by atoms with Gasteiger partial charge in [-0.15, -0.1) is 0 Å². The molecule has 2 amide bonds. The lowest BCUT2D eigenvalue weighted by molar-refractivity contribution is -0.149. The van der Waals surface area contributed by atoms with E-state index in [0.717, 1.165) is 0 Å². The van der Waals surface area contributed by atoms with Gasteiger partial charge < -0.3 is 10.2 Å². The van der Waals surface area contributed by atoms with Crippen LogP contribution in [0, 0.1) is 11.6 Å². The van der Waals surface area contributed by atoms with Crippen LogP contribution >= 0.6 is 15.9 Å². The van der Waals surface area contributed by atoms with Crippen LogP contribution in [0.25, 0.3) is 0 Å². The molecule has 1 aliphatic heterocycles. The number of rotatable bonds is 2. The van der Waals surface area contributed by atoms with Gasteiger partial charge in [0, 0.05) is 18.2 Å². The highest BCUT2D eigenvalue weighted by molar-refractivity contribution is 9.10. The lowest BCUT2D eigenvalue weighted by Crippen LogP contribution is -2.63. The van der Waals surface area contributed by atoms with Gasteiger partial charge in [-0.05, 0) is 35.8 Å². The van der Waals surface area contributed by atoms with Crippen LogP contribution in [-0.4, -0.2) is 29.8 Å². The first kappa shape index (κ1) is 14.9. The summed E-state index contributed by atoms with van der Waals surface area (Å²) in [7, 11) is 0. The lowest BCUT2D eigenvalue weighted by Gasteiger charge is -2.39. The van der Waals surface area contributed by atoms with E-state index in [0.29, 0.717) is 12.6 Å². The second-order valence-electron chi connectivity index (χ2n) is 4.74. The van der Waals surface area contributed by atoms with Crippen LogP contribution < -0.4 is 5.32 Å². The Morgan fingerprint density at radius 2 is 2.00 bits per heavy atom. The minimum Gasteiger partial charge on any atom is -0.337 e. The molecule has 0 aromatic heterocycles. The number of nitrogens with one attached hydrogen (secondary N) is 1. The quantitative estimate of drug-likeness (QED) is 0.831. The summed E-state index contributed by atoms with van der Waals surface area (Å²) in [6.45, 7) is 3.42. The van der Waals surface area contributed by atoms with Gasteiger partial charge in [0.1, 0.15) is 17.2 Å². The van der Waals surface area contributed by atoms with Crippen molar-refractivity contribution in [1.82, 2.24) is 10.2 Å². The molecule has 0 saturated carbocycles. The number of amides is 2. The molecular weight excluding hydrogens is 334 g/mol. The van der Waals surface area contributed by atoms with Crippen molar-refractivity contribution in [2.75, 3.05) is 13.1 Å². The SMILES string of the molecule is CCN1CC(=O)NC(C)(c2cc(Br)c(F)cc2F)C1=O. The molecule has 1 aliphatic rings. The van der Waals surface area contributed by atoms with E-state index in [4.69, 9.17) is 0 Å². The molecule has 0 spiro atoms. The lowest BCUT2D eigenvalue weighted by atomic mass is 9.88. The van der Waals surface area contributed by atoms with E-state index in [-0.39, 0.29) is 22.5 Å². The second-order valence-corrected chi connectivity index (χ2v) is 5.59. The Morgan fingerprint density at radius 3 is 2.60 bits per heavy atom. The van der Waals surface area contributed by atoms with Crippen molar-refractivity contribution in [3.8, 4) is 0 Å². The van der Waals surface area contributed by atoms with Crippen LogP contribution in [0.3, 0.4) is 0 Å². The number of likely N-dealkylation sites (N-methyl/N-ethyl adjacent to an activating group) is 1. The number of carbonyl (C=O) groups is 2. The van der Waals surface area contributed by atoms with E-state index in [1.807, 2.05) is 0 Å². The molecule has 0 aliphatic carbocycles. The first-order valence-corrected chi connectivity index (χ1v) is 6.84. The van der Waals surface area contributed by atoms with Gasteiger partial charge in [0.2, 0.25) is 5.91 Å². The van der Waals surface area contributed by atoms with Crippen molar-refractivity contribution in [3.63, 3.8) is 0 Å². The number of carbonyl (C=O) groups excluding carboxylic acids is 2. The molecule has 2 rings (SSSR count). The maximum absolute atomic E-state index is 14.0. The summed E-state index contributed by atoms with van der Waals surface area (Å²) in [4.78, 5) is 25.5. The zero-order valence-corrected chi connectivity index (χ0v) is 12.6. The molecule has 0 radical (unpaired) electrons. The average Bonchev–Trinajstić information content (AvgIpc) is 2.38. The summed E-state index contributed by atoms with van der Waals surface area (Å²) in [5.74, 6) is -2.44. The molecule has 4 nitrogen and oxygen atoms in total. The van der Waals surface area contributed by atoms with Crippen LogP contribution in [-0.2, 0) is 15.1 Å². The number of nitrogens with zero attached hydrogens (tertiary/aromatic N) is 1. The Labute approximate surface area is 123 Å². The Balaban J connectivity index is 2.56. The van der Waals surface area contributed by atoms with Crippen molar-refractivity contribution in [1.29, 1.82) is 0 Å². The Kier molecular flexibility index (Phi) is 3.82. The third-order valence-electron chi connectivity index (χ3n) is 3.37. The van der Waals surface area contributed by atoms with Crippen LogP contribution in [0.5, 0.6) is 0 Å². The summed E-state index contributed by atoms with van der Waals surface area (Å²) < 4.78 is 27.3. The molecule has 0 bridgehead atoms. The zero-order chi connectivity index (χ0) is 15.1. The predicted molar refractivity (Wildman–Crippen MR) is 71.8 cm³/mol. The van der Waals surface area contributed by atoms with E-state index in [1.165, 1.54) is 17.9 Å². The molecular formula is C13H13BrF2N2O2. The van der Waals surface area contributed by atoms with Gasteiger partial charge in [-0.25, -0.2) is 8.78 Å². The Hall–Kier alpha value is -1.50. The van der Waals surface area contributed by atoms with Gasteiger partial charge in [0.15, 0.2) is 0 Å². The molecule has 7 heteroatoms. The molecule has 1 atom stereocenters. The van der Waals surface area contributed by atoms with Crippen molar-refractivity contribution in [3.05, 3.63) is 33.8 Å². The van der Waals surface area contributed by atoms with Gasteiger partial charge in [0.25, 0.3) is 5.91 Å². The minimum atomic E-state index is -1.54. The Bertz CT molecular complexity index is 594. The maximum atomic E-state index is 14.0.